The van der Waals surface area contributed by atoms with E-state index in [2.05, 4.69) is 32.6 Å². The van der Waals surface area contributed by atoms with Crippen LogP contribution in [0.4, 0.5) is 5.69 Å². The molecule has 0 radical (unpaired) electrons. The van der Waals surface area contributed by atoms with Crippen LogP contribution in [0.5, 0.6) is 0 Å². The van der Waals surface area contributed by atoms with Crippen LogP contribution in [0, 0.1) is 21.8 Å². The van der Waals surface area contributed by atoms with E-state index in [1.807, 2.05) is 6.92 Å². The van der Waals surface area contributed by atoms with E-state index in [9.17, 15) is 9.59 Å². The van der Waals surface area contributed by atoms with Crippen molar-refractivity contribution in [2.75, 3.05) is 12.4 Å². The van der Waals surface area contributed by atoms with Crippen molar-refractivity contribution >= 4 is 40.2 Å². The van der Waals surface area contributed by atoms with Gasteiger partial charge in [0.05, 0.1) is 24.4 Å². The van der Waals surface area contributed by atoms with Gasteiger partial charge in [-0.25, -0.2) is 4.79 Å². The SMILES string of the molecule is COC(=O)c1cc(I)c(C)cc1NC(=O)CC#N. The first-order valence-corrected chi connectivity index (χ1v) is 6.12. The summed E-state index contributed by atoms with van der Waals surface area (Å²) < 4.78 is 5.55. The second-order valence-corrected chi connectivity index (χ2v) is 4.68. The molecule has 0 atom stereocenters. The van der Waals surface area contributed by atoms with Crippen LogP contribution in [0.15, 0.2) is 12.1 Å². The van der Waals surface area contributed by atoms with Gasteiger partial charge in [0.1, 0.15) is 6.42 Å². The van der Waals surface area contributed by atoms with Gasteiger partial charge in [-0.3, -0.25) is 4.79 Å². The number of rotatable bonds is 3. The number of hydrogen-bond donors (Lipinski definition) is 1. The maximum Gasteiger partial charge on any atom is 0.340 e. The van der Waals surface area contributed by atoms with Crippen LogP contribution < -0.4 is 5.32 Å². The fourth-order valence-electron chi connectivity index (χ4n) is 1.33. The molecule has 0 aliphatic heterocycles. The number of carbonyl (C=O) groups is 2. The molecule has 0 heterocycles. The predicted octanol–water partition coefficient (Wildman–Crippen LogP) is 2.24. The van der Waals surface area contributed by atoms with Crippen LogP contribution in [-0.2, 0) is 9.53 Å². The molecule has 1 rings (SSSR count). The molecule has 1 N–H and O–H groups in total. The summed E-state index contributed by atoms with van der Waals surface area (Å²) >= 11 is 2.09. The molecule has 0 aliphatic carbocycles. The molecule has 0 saturated heterocycles. The van der Waals surface area contributed by atoms with Crippen molar-refractivity contribution in [2.24, 2.45) is 0 Å². The Labute approximate surface area is 118 Å². The number of nitrogens with zero attached hydrogens (tertiary/aromatic N) is 1. The number of amides is 1. The highest BCUT2D eigenvalue weighted by Crippen LogP contribution is 2.23. The highest BCUT2D eigenvalue weighted by molar-refractivity contribution is 14.1. The zero-order valence-corrected chi connectivity index (χ0v) is 12.1. The van der Waals surface area contributed by atoms with Gasteiger partial charge in [0.2, 0.25) is 5.91 Å². The number of nitrogens with one attached hydrogen (secondary N) is 1. The third-order valence-corrected chi connectivity index (χ3v) is 3.38. The van der Waals surface area contributed by atoms with Gasteiger partial charge in [0.25, 0.3) is 0 Å². The first-order valence-electron chi connectivity index (χ1n) is 5.05. The lowest BCUT2D eigenvalue weighted by atomic mass is 10.1. The Balaban J connectivity index is 3.16. The molecule has 0 aromatic heterocycles. The molecule has 0 fully saturated rings. The fraction of sp³-hybridized carbons (Fsp3) is 0.250. The van der Waals surface area contributed by atoms with Gasteiger partial charge in [-0.05, 0) is 47.2 Å². The van der Waals surface area contributed by atoms with Crippen LogP contribution in [0.25, 0.3) is 0 Å². The highest BCUT2D eigenvalue weighted by Gasteiger charge is 2.15. The molecule has 1 amide bonds. The lowest BCUT2D eigenvalue weighted by Crippen LogP contribution is -2.15. The van der Waals surface area contributed by atoms with E-state index in [0.717, 1.165) is 9.13 Å². The maximum atomic E-state index is 11.6. The standard InChI is InChI=1S/C12H11IN2O3/c1-7-5-10(15-11(16)3-4-14)8(6-9(7)13)12(17)18-2/h5-6H,3H2,1-2H3,(H,15,16). The first kappa shape index (κ1) is 14.4. The maximum absolute atomic E-state index is 11.6. The minimum absolute atomic E-state index is 0.258. The van der Waals surface area contributed by atoms with Crippen molar-refractivity contribution in [3.8, 4) is 6.07 Å². The number of methoxy groups -OCH3 is 1. The third-order valence-electron chi connectivity index (χ3n) is 2.22. The number of halogens is 1. The molecule has 1 aromatic carbocycles. The van der Waals surface area contributed by atoms with Crippen molar-refractivity contribution in [3.63, 3.8) is 0 Å². The molecule has 94 valence electrons. The van der Waals surface area contributed by atoms with E-state index < -0.39 is 11.9 Å². The lowest BCUT2D eigenvalue weighted by Gasteiger charge is -2.11. The van der Waals surface area contributed by atoms with E-state index in [1.165, 1.54) is 7.11 Å². The van der Waals surface area contributed by atoms with E-state index in [4.69, 9.17) is 5.26 Å². The predicted molar refractivity (Wildman–Crippen MR) is 74.1 cm³/mol. The number of ether oxygens (including phenoxy) is 1. The second-order valence-electron chi connectivity index (χ2n) is 3.52. The molecule has 6 heteroatoms. The Morgan fingerprint density at radius 3 is 2.72 bits per heavy atom. The summed E-state index contributed by atoms with van der Waals surface area (Å²) in [6, 6.07) is 5.07. The second kappa shape index (κ2) is 6.35. The number of aryl methyl sites for hydroxylation is 1. The quantitative estimate of drug-likeness (QED) is 0.664. The molecule has 0 saturated carbocycles. The number of hydrogen-bond acceptors (Lipinski definition) is 4. The third kappa shape index (κ3) is 3.43. The Bertz CT molecular complexity index is 535. The van der Waals surface area contributed by atoms with Crippen molar-refractivity contribution in [3.05, 3.63) is 26.8 Å². The van der Waals surface area contributed by atoms with Crippen LogP contribution in [-0.4, -0.2) is 19.0 Å². The minimum atomic E-state index is -0.528. The van der Waals surface area contributed by atoms with Crippen LogP contribution in [0.2, 0.25) is 0 Å². The number of benzene rings is 1. The van der Waals surface area contributed by atoms with E-state index in [0.29, 0.717) is 5.69 Å². The minimum Gasteiger partial charge on any atom is -0.465 e. The topological polar surface area (TPSA) is 79.2 Å². The summed E-state index contributed by atoms with van der Waals surface area (Å²) in [6.45, 7) is 1.86. The van der Waals surface area contributed by atoms with Gasteiger partial charge < -0.3 is 10.1 Å². The molecule has 5 nitrogen and oxygen atoms in total. The molecule has 18 heavy (non-hydrogen) atoms. The summed E-state index contributed by atoms with van der Waals surface area (Å²) in [5, 5.41) is 11.0. The molecular weight excluding hydrogens is 347 g/mol. The van der Waals surface area contributed by atoms with Crippen molar-refractivity contribution in [1.82, 2.24) is 0 Å². The molecule has 1 aromatic rings. The zero-order valence-electron chi connectivity index (χ0n) is 9.91. The fourth-order valence-corrected chi connectivity index (χ4v) is 1.80. The van der Waals surface area contributed by atoms with Crippen molar-refractivity contribution < 1.29 is 14.3 Å². The first-order chi connectivity index (χ1) is 8.49. The van der Waals surface area contributed by atoms with Crippen molar-refractivity contribution in [2.45, 2.75) is 13.3 Å². The molecule has 0 bridgehead atoms. The average Bonchev–Trinajstić information content (AvgIpc) is 2.32. The summed E-state index contributed by atoms with van der Waals surface area (Å²) in [4.78, 5) is 23.0. The Morgan fingerprint density at radius 2 is 2.17 bits per heavy atom. The molecule has 0 spiro atoms. The summed E-state index contributed by atoms with van der Waals surface area (Å²) in [5.74, 6) is -0.983. The molecular formula is C12H11IN2O3. The Morgan fingerprint density at radius 1 is 1.50 bits per heavy atom. The Hall–Kier alpha value is -1.62. The van der Waals surface area contributed by atoms with E-state index in [-0.39, 0.29) is 12.0 Å². The summed E-state index contributed by atoms with van der Waals surface area (Å²) in [7, 11) is 1.27. The Kier molecular flexibility index (Phi) is 5.09. The van der Waals surface area contributed by atoms with Gasteiger partial charge in [-0.1, -0.05) is 0 Å². The summed E-state index contributed by atoms with van der Waals surface area (Å²) in [5.41, 5.74) is 1.56. The van der Waals surface area contributed by atoms with Gasteiger partial charge in [-0.15, -0.1) is 0 Å². The van der Waals surface area contributed by atoms with E-state index in [1.54, 1.807) is 18.2 Å². The number of nitriles is 1. The normalized spacial score (nSPS) is 9.44. The highest BCUT2D eigenvalue weighted by atomic mass is 127. The molecule has 0 unspecified atom stereocenters. The summed E-state index contributed by atoms with van der Waals surface area (Å²) in [6.07, 6.45) is -0.258. The number of anilines is 1. The van der Waals surface area contributed by atoms with Crippen LogP contribution >= 0.6 is 22.6 Å². The zero-order chi connectivity index (χ0) is 13.7. The van der Waals surface area contributed by atoms with Gasteiger partial charge >= 0.3 is 5.97 Å². The largest absolute Gasteiger partial charge is 0.465 e. The van der Waals surface area contributed by atoms with Gasteiger partial charge in [0, 0.05) is 3.57 Å². The number of esters is 1. The smallest absolute Gasteiger partial charge is 0.340 e. The van der Waals surface area contributed by atoms with Crippen LogP contribution in [0.1, 0.15) is 22.3 Å². The monoisotopic (exact) mass is 358 g/mol. The molecule has 0 aliphatic rings. The average molecular weight is 358 g/mol. The number of carbonyl (C=O) groups excluding carboxylic acids is 2. The van der Waals surface area contributed by atoms with Crippen molar-refractivity contribution in [1.29, 1.82) is 5.26 Å². The van der Waals surface area contributed by atoms with Crippen LogP contribution in [0.3, 0.4) is 0 Å². The lowest BCUT2D eigenvalue weighted by molar-refractivity contribution is -0.115. The van der Waals surface area contributed by atoms with Gasteiger partial charge in [0.15, 0.2) is 0 Å². The van der Waals surface area contributed by atoms with Gasteiger partial charge in [-0.2, -0.15) is 5.26 Å². The van der Waals surface area contributed by atoms with E-state index >= 15 is 0 Å².